The molecule has 0 aliphatic heterocycles. The molecule has 0 saturated carbocycles. The van der Waals surface area contributed by atoms with Crippen molar-refractivity contribution in [2.75, 3.05) is 5.32 Å². The zero-order chi connectivity index (χ0) is 22.2. The number of para-hydroxylation sites is 2. The number of fused-ring (bicyclic) bond motifs is 1. The summed E-state index contributed by atoms with van der Waals surface area (Å²) >= 11 is 12.1. The van der Waals surface area contributed by atoms with Crippen LogP contribution in [0.2, 0.25) is 10.0 Å². The highest BCUT2D eigenvalue weighted by molar-refractivity contribution is 6.42. The predicted octanol–water partition coefficient (Wildman–Crippen LogP) is 7.48. The van der Waals surface area contributed by atoms with Gasteiger partial charge < -0.3 is 5.32 Å². The van der Waals surface area contributed by atoms with Crippen LogP contribution in [0.25, 0.3) is 22.2 Å². The Morgan fingerprint density at radius 2 is 1.58 bits per heavy atom. The first kappa shape index (κ1) is 21.2. The number of hydrogen-bond donors (Lipinski definition) is 1. The van der Waals surface area contributed by atoms with E-state index in [2.05, 4.69) is 10.3 Å². The molecule has 0 bridgehead atoms. The van der Waals surface area contributed by atoms with Crippen LogP contribution >= 0.6 is 23.2 Å². The van der Waals surface area contributed by atoms with Crippen molar-refractivity contribution >= 4 is 45.7 Å². The topological polar surface area (TPSA) is 42.0 Å². The lowest BCUT2D eigenvalue weighted by Crippen LogP contribution is -2.17. The van der Waals surface area contributed by atoms with E-state index in [0.29, 0.717) is 32.2 Å². The molecule has 0 unspecified atom stereocenters. The molecule has 4 aromatic rings. The molecule has 3 nitrogen and oxygen atoms in total. The highest BCUT2D eigenvalue weighted by atomic mass is 35.5. The first-order chi connectivity index (χ1) is 14.7. The van der Waals surface area contributed by atoms with Gasteiger partial charge in [-0.3, -0.25) is 4.79 Å². The minimum atomic E-state index is -4.60. The number of nitrogens with one attached hydrogen (secondary N) is 1. The quantitative estimate of drug-likeness (QED) is 0.344. The maximum Gasteiger partial charge on any atom is 0.418 e. The van der Waals surface area contributed by atoms with E-state index in [9.17, 15) is 18.0 Å². The minimum Gasteiger partial charge on any atom is -0.321 e. The van der Waals surface area contributed by atoms with E-state index in [-0.39, 0.29) is 11.3 Å². The third-order valence-electron chi connectivity index (χ3n) is 4.66. The number of hydrogen-bond acceptors (Lipinski definition) is 2. The normalized spacial score (nSPS) is 11.5. The zero-order valence-electron chi connectivity index (χ0n) is 15.7. The van der Waals surface area contributed by atoms with Crippen molar-refractivity contribution in [3.63, 3.8) is 0 Å². The van der Waals surface area contributed by atoms with Crippen molar-refractivity contribution in [3.8, 4) is 11.3 Å². The van der Waals surface area contributed by atoms with E-state index in [4.69, 9.17) is 23.2 Å². The molecule has 1 amide bonds. The standard InChI is InChI=1S/C23H13Cl2F3N2O/c24-17-10-9-13(11-18(17)25)21-12-15(14-5-1-3-7-19(14)29-21)22(31)30-20-8-4-2-6-16(20)23(26,27)28/h1-12H,(H,30,31). The first-order valence-corrected chi connectivity index (χ1v) is 9.82. The van der Waals surface area contributed by atoms with Crippen molar-refractivity contribution in [2.45, 2.75) is 6.18 Å². The second kappa shape index (κ2) is 8.21. The molecule has 0 aliphatic rings. The van der Waals surface area contributed by atoms with Gasteiger partial charge in [-0.2, -0.15) is 13.2 Å². The average Bonchev–Trinajstić information content (AvgIpc) is 2.74. The Morgan fingerprint density at radius 3 is 2.32 bits per heavy atom. The number of alkyl halides is 3. The van der Waals surface area contributed by atoms with Crippen LogP contribution in [0.3, 0.4) is 0 Å². The summed E-state index contributed by atoms with van der Waals surface area (Å²) in [7, 11) is 0. The average molecular weight is 461 g/mol. The summed E-state index contributed by atoms with van der Waals surface area (Å²) in [5, 5.41) is 3.59. The Labute approximate surface area is 185 Å². The van der Waals surface area contributed by atoms with E-state index < -0.39 is 17.6 Å². The molecular weight excluding hydrogens is 448 g/mol. The van der Waals surface area contributed by atoms with Gasteiger partial charge in [0.15, 0.2) is 0 Å². The monoisotopic (exact) mass is 460 g/mol. The molecule has 3 aromatic carbocycles. The van der Waals surface area contributed by atoms with E-state index in [1.54, 1.807) is 42.5 Å². The molecule has 1 heterocycles. The lowest BCUT2D eigenvalue weighted by atomic mass is 10.0. The highest BCUT2D eigenvalue weighted by Crippen LogP contribution is 2.35. The largest absolute Gasteiger partial charge is 0.418 e. The zero-order valence-corrected chi connectivity index (χ0v) is 17.2. The fourth-order valence-corrected chi connectivity index (χ4v) is 3.49. The van der Waals surface area contributed by atoms with Gasteiger partial charge in [0.25, 0.3) is 5.91 Å². The van der Waals surface area contributed by atoms with Gasteiger partial charge in [-0.1, -0.05) is 59.6 Å². The van der Waals surface area contributed by atoms with Crippen molar-refractivity contribution in [3.05, 3.63) is 94.0 Å². The van der Waals surface area contributed by atoms with Gasteiger partial charge in [0.05, 0.1) is 38.1 Å². The maximum absolute atomic E-state index is 13.3. The first-order valence-electron chi connectivity index (χ1n) is 9.07. The summed E-state index contributed by atoms with van der Waals surface area (Å²) in [5.74, 6) is -0.684. The van der Waals surface area contributed by atoms with Gasteiger partial charge in [0, 0.05) is 10.9 Å². The minimum absolute atomic E-state index is 0.184. The van der Waals surface area contributed by atoms with E-state index in [1.165, 1.54) is 24.3 Å². The Morgan fingerprint density at radius 1 is 0.871 bits per heavy atom. The Kier molecular flexibility index (Phi) is 5.60. The number of carbonyl (C=O) groups is 1. The van der Waals surface area contributed by atoms with Crippen molar-refractivity contribution < 1.29 is 18.0 Å². The van der Waals surface area contributed by atoms with Gasteiger partial charge in [-0.05, 0) is 36.4 Å². The van der Waals surface area contributed by atoms with Gasteiger partial charge in [-0.15, -0.1) is 0 Å². The second-order valence-electron chi connectivity index (χ2n) is 6.70. The van der Waals surface area contributed by atoms with Crippen LogP contribution in [0, 0.1) is 0 Å². The lowest BCUT2D eigenvalue weighted by Gasteiger charge is -2.15. The van der Waals surface area contributed by atoms with Crippen molar-refractivity contribution in [2.24, 2.45) is 0 Å². The highest BCUT2D eigenvalue weighted by Gasteiger charge is 2.33. The van der Waals surface area contributed by atoms with Crippen LogP contribution in [0.1, 0.15) is 15.9 Å². The molecule has 1 aromatic heterocycles. The summed E-state index contributed by atoms with van der Waals surface area (Å²) in [6.07, 6.45) is -4.60. The molecule has 0 fully saturated rings. The Hall–Kier alpha value is -3.09. The Bertz CT molecular complexity index is 1310. The molecule has 156 valence electrons. The third-order valence-corrected chi connectivity index (χ3v) is 5.40. The number of amides is 1. The van der Waals surface area contributed by atoms with E-state index >= 15 is 0 Å². The number of pyridine rings is 1. The number of aromatic nitrogens is 1. The fourth-order valence-electron chi connectivity index (χ4n) is 3.20. The summed E-state index contributed by atoms with van der Waals surface area (Å²) in [6.45, 7) is 0. The summed E-state index contributed by atoms with van der Waals surface area (Å²) in [6, 6.07) is 18.2. The number of rotatable bonds is 3. The number of benzene rings is 3. The van der Waals surface area contributed by atoms with Crippen LogP contribution in [-0.2, 0) is 6.18 Å². The molecule has 0 saturated heterocycles. The molecule has 0 radical (unpaired) electrons. The van der Waals surface area contributed by atoms with Crippen LogP contribution in [0.5, 0.6) is 0 Å². The third kappa shape index (κ3) is 4.36. The lowest BCUT2D eigenvalue weighted by molar-refractivity contribution is -0.136. The van der Waals surface area contributed by atoms with Gasteiger partial charge in [0.1, 0.15) is 0 Å². The van der Waals surface area contributed by atoms with Crippen LogP contribution in [0.15, 0.2) is 72.8 Å². The van der Waals surface area contributed by atoms with Crippen LogP contribution in [-0.4, -0.2) is 10.9 Å². The molecule has 0 atom stereocenters. The fraction of sp³-hybridized carbons (Fsp3) is 0.0435. The van der Waals surface area contributed by atoms with Crippen molar-refractivity contribution in [1.29, 1.82) is 0 Å². The maximum atomic E-state index is 13.3. The number of anilines is 1. The predicted molar refractivity (Wildman–Crippen MR) is 117 cm³/mol. The molecule has 0 aliphatic carbocycles. The Balaban J connectivity index is 1.82. The van der Waals surface area contributed by atoms with E-state index in [0.717, 1.165) is 6.07 Å². The number of carbonyl (C=O) groups excluding carboxylic acids is 1. The van der Waals surface area contributed by atoms with Gasteiger partial charge in [0.2, 0.25) is 0 Å². The second-order valence-corrected chi connectivity index (χ2v) is 7.51. The summed E-state index contributed by atoms with van der Waals surface area (Å²) in [5.41, 5.74) is 0.504. The molecule has 1 N–H and O–H groups in total. The molecule has 8 heteroatoms. The van der Waals surface area contributed by atoms with Gasteiger partial charge in [-0.25, -0.2) is 4.98 Å². The molecular formula is C23H13Cl2F3N2O. The number of halogens is 5. The summed E-state index contributed by atoms with van der Waals surface area (Å²) < 4.78 is 40.0. The van der Waals surface area contributed by atoms with Crippen molar-refractivity contribution in [1.82, 2.24) is 4.98 Å². The molecule has 4 rings (SSSR count). The smallest absolute Gasteiger partial charge is 0.321 e. The van der Waals surface area contributed by atoms with E-state index in [1.807, 2.05) is 0 Å². The molecule has 31 heavy (non-hydrogen) atoms. The molecule has 0 spiro atoms. The van der Waals surface area contributed by atoms with Gasteiger partial charge >= 0.3 is 6.18 Å². The van der Waals surface area contributed by atoms with Crippen LogP contribution in [0.4, 0.5) is 18.9 Å². The number of nitrogens with zero attached hydrogens (tertiary/aromatic N) is 1. The van der Waals surface area contributed by atoms with Crippen LogP contribution < -0.4 is 5.32 Å². The summed E-state index contributed by atoms with van der Waals surface area (Å²) in [4.78, 5) is 17.6. The SMILES string of the molecule is O=C(Nc1ccccc1C(F)(F)F)c1cc(-c2ccc(Cl)c(Cl)c2)nc2ccccc12.